The van der Waals surface area contributed by atoms with E-state index in [4.69, 9.17) is 4.74 Å². The van der Waals surface area contributed by atoms with E-state index in [1.54, 1.807) is 14.0 Å². The molecule has 2 rings (SSSR count). The molecule has 1 aromatic carbocycles. The van der Waals surface area contributed by atoms with E-state index in [-0.39, 0.29) is 5.75 Å². The van der Waals surface area contributed by atoms with E-state index in [0.717, 1.165) is 6.07 Å². The van der Waals surface area contributed by atoms with Crippen LogP contribution in [-0.4, -0.2) is 59.9 Å². The minimum absolute atomic E-state index is 0.267. The third kappa shape index (κ3) is 4.33. The molecule has 1 aliphatic heterocycles. The van der Waals surface area contributed by atoms with Crippen LogP contribution in [0.1, 0.15) is 12.0 Å². The zero-order valence-corrected chi connectivity index (χ0v) is 15.3. The van der Waals surface area contributed by atoms with Crippen molar-refractivity contribution < 1.29 is 26.0 Å². The van der Waals surface area contributed by atoms with E-state index in [2.05, 4.69) is 5.32 Å². The lowest BCUT2D eigenvalue weighted by molar-refractivity contribution is 0.193. The van der Waals surface area contributed by atoms with Crippen molar-refractivity contribution in [1.29, 1.82) is 0 Å². The number of hydrogen-bond donors (Lipinski definition) is 1. The Balaban J connectivity index is 2.30. The van der Waals surface area contributed by atoms with E-state index in [1.807, 2.05) is 0 Å². The molecule has 1 fully saturated rings. The molecule has 0 radical (unpaired) electrons. The van der Waals surface area contributed by atoms with Crippen LogP contribution in [0.5, 0.6) is 0 Å². The van der Waals surface area contributed by atoms with Gasteiger partial charge in [-0.3, -0.25) is 0 Å². The Kier molecular flexibility index (Phi) is 6.00. The first kappa shape index (κ1) is 19.3. The average Bonchev–Trinajstić information content (AvgIpc) is 2.82. The molecule has 136 valence electrons. The normalized spacial score (nSPS) is 23.5. The first-order chi connectivity index (χ1) is 11.2. The lowest BCUT2D eigenvalue weighted by Crippen LogP contribution is -2.44. The summed E-state index contributed by atoms with van der Waals surface area (Å²) in [4.78, 5) is -0.437. The summed E-state index contributed by atoms with van der Waals surface area (Å²) in [5.41, 5.74) is 0.598. The van der Waals surface area contributed by atoms with Crippen LogP contribution >= 0.6 is 0 Å². The van der Waals surface area contributed by atoms with Gasteiger partial charge < -0.3 is 10.1 Å². The number of halogens is 1. The molecule has 0 saturated carbocycles. The van der Waals surface area contributed by atoms with Crippen LogP contribution in [0.25, 0.3) is 0 Å². The fraction of sp³-hybridized carbons (Fsp3) is 0.600. The molecule has 0 spiro atoms. The standard InChI is InChI=1S/C15H22FNO5S2/c1-11-4-5-12(16)14(8-11)24(20,21)15-10-23(18,19)9-13(15)17-6-3-7-22-2/h4-5,8,13,15,17H,3,6-7,9-10H2,1-2H3/t13-,15-/m0/s1. The summed E-state index contributed by atoms with van der Waals surface area (Å²) in [5, 5.41) is 1.78. The Hall–Kier alpha value is -1.03. The van der Waals surface area contributed by atoms with Crippen molar-refractivity contribution in [2.75, 3.05) is 31.8 Å². The van der Waals surface area contributed by atoms with E-state index in [1.165, 1.54) is 12.1 Å². The Bertz CT molecular complexity index is 792. The number of ether oxygens (including phenoxy) is 1. The number of hydrogen-bond acceptors (Lipinski definition) is 6. The second kappa shape index (κ2) is 7.47. The molecule has 0 bridgehead atoms. The average molecular weight is 379 g/mol. The maximum absolute atomic E-state index is 14.0. The van der Waals surface area contributed by atoms with Gasteiger partial charge in [0, 0.05) is 19.8 Å². The van der Waals surface area contributed by atoms with Gasteiger partial charge in [0.15, 0.2) is 19.7 Å². The van der Waals surface area contributed by atoms with Gasteiger partial charge in [0.2, 0.25) is 0 Å². The molecule has 0 aliphatic carbocycles. The first-order valence-electron chi connectivity index (χ1n) is 7.60. The van der Waals surface area contributed by atoms with Gasteiger partial charge in [0.25, 0.3) is 0 Å². The third-order valence-electron chi connectivity index (χ3n) is 4.02. The third-order valence-corrected chi connectivity index (χ3v) is 8.19. The van der Waals surface area contributed by atoms with Crippen LogP contribution < -0.4 is 5.32 Å². The summed E-state index contributed by atoms with van der Waals surface area (Å²) in [5.74, 6) is -1.62. The second-order valence-corrected chi connectivity index (χ2v) is 10.3. The van der Waals surface area contributed by atoms with Crippen LogP contribution in [0.3, 0.4) is 0 Å². The molecule has 2 atom stereocenters. The van der Waals surface area contributed by atoms with Crippen LogP contribution in [-0.2, 0) is 24.4 Å². The van der Waals surface area contributed by atoms with Crippen molar-refractivity contribution in [3.63, 3.8) is 0 Å². The Morgan fingerprint density at radius 2 is 2.04 bits per heavy atom. The zero-order chi connectivity index (χ0) is 18.0. The van der Waals surface area contributed by atoms with Crippen molar-refractivity contribution in [2.24, 2.45) is 0 Å². The minimum atomic E-state index is -4.10. The van der Waals surface area contributed by atoms with Gasteiger partial charge in [-0.2, -0.15) is 0 Å². The number of methoxy groups -OCH3 is 1. The highest BCUT2D eigenvalue weighted by atomic mass is 32.2. The number of rotatable bonds is 7. The molecule has 1 saturated heterocycles. The molecule has 0 aromatic heterocycles. The fourth-order valence-electron chi connectivity index (χ4n) is 2.81. The predicted octanol–water partition coefficient (Wildman–Crippen LogP) is 0.700. The van der Waals surface area contributed by atoms with Crippen molar-refractivity contribution in [2.45, 2.75) is 29.5 Å². The van der Waals surface area contributed by atoms with Crippen molar-refractivity contribution in [1.82, 2.24) is 5.32 Å². The molecule has 0 unspecified atom stereocenters. The van der Waals surface area contributed by atoms with Gasteiger partial charge in [-0.05, 0) is 37.6 Å². The molecule has 24 heavy (non-hydrogen) atoms. The van der Waals surface area contributed by atoms with E-state index >= 15 is 0 Å². The Morgan fingerprint density at radius 3 is 2.71 bits per heavy atom. The molecule has 1 aromatic rings. The van der Waals surface area contributed by atoms with Gasteiger partial charge in [-0.15, -0.1) is 0 Å². The fourth-order valence-corrected chi connectivity index (χ4v) is 7.68. The highest BCUT2D eigenvalue weighted by Crippen LogP contribution is 2.28. The zero-order valence-electron chi connectivity index (χ0n) is 13.7. The molecule has 1 N–H and O–H groups in total. The highest BCUT2D eigenvalue weighted by molar-refractivity contribution is 7.96. The molecule has 1 heterocycles. The molecule has 1 aliphatic rings. The molecule has 9 heteroatoms. The second-order valence-electron chi connectivity index (χ2n) is 6.00. The first-order valence-corrected chi connectivity index (χ1v) is 11.0. The van der Waals surface area contributed by atoms with E-state index in [9.17, 15) is 21.2 Å². The number of aryl methyl sites for hydroxylation is 1. The van der Waals surface area contributed by atoms with Crippen molar-refractivity contribution in [3.8, 4) is 0 Å². The minimum Gasteiger partial charge on any atom is -0.385 e. The maximum Gasteiger partial charge on any atom is 0.186 e. The van der Waals surface area contributed by atoms with Gasteiger partial charge >= 0.3 is 0 Å². The van der Waals surface area contributed by atoms with Crippen LogP contribution in [0.4, 0.5) is 4.39 Å². The SMILES string of the molecule is COCCCN[C@H]1CS(=O)(=O)C[C@@H]1S(=O)(=O)c1cc(C)ccc1F. The summed E-state index contributed by atoms with van der Waals surface area (Å²) in [7, 11) is -6.05. The van der Waals surface area contributed by atoms with Crippen LogP contribution in [0.15, 0.2) is 23.1 Å². The lowest BCUT2D eigenvalue weighted by atomic mass is 10.2. The summed E-state index contributed by atoms with van der Waals surface area (Å²) in [6.07, 6.45) is 0.624. The maximum atomic E-state index is 14.0. The monoisotopic (exact) mass is 379 g/mol. The summed E-state index contributed by atoms with van der Waals surface area (Å²) in [6, 6.07) is 3.06. The number of benzene rings is 1. The predicted molar refractivity (Wildman–Crippen MR) is 89.0 cm³/mol. The smallest absolute Gasteiger partial charge is 0.186 e. The summed E-state index contributed by atoms with van der Waals surface area (Å²) >= 11 is 0. The van der Waals surface area contributed by atoms with Crippen LogP contribution in [0.2, 0.25) is 0 Å². The molecular weight excluding hydrogens is 357 g/mol. The lowest BCUT2D eigenvalue weighted by Gasteiger charge is -2.20. The largest absolute Gasteiger partial charge is 0.385 e. The van der Waals surface area contributed by atoms with Crippen molar-refractivity contribution >= 4 is 19.7 Å². The number of nitrogens with one attached hydrogen (secondary N) is 1. The summed E-state index contributed by atoms with van der Waals surface area (Å²) < 4.78 is 68.5. The highest BCUT2D eigenvalue weighted by Gasteiger charge is 2.46. The van der Waals surface area contributed by atoms with E-state index in [0.29, 0.717) is 25.1 Å². The van der Waals surface area contributed by atoms with Gasteiger partial charge in [0.1, 0.15) is 10.7 Å². The molecule has 6 nitrogen and oxygen atoms in total. The van der Waals surface area contributed by atoms with Gasteiger partial charge in [0.05, 0.1) is 16.8 Å². The molecular formula is C15H22FNO5S2. The Morgan fingerprint density at radius 1 is 1.33 bits per heavy atom. The number of sulfone groups is 2. The topological polar surface area (TPSA) is 89.5 Å². The van der Waals surface area contributed by atoms with Gasteiger partial charge in [-0.1, -0.05) is 6.07 Å². The van der Waals surface area contributed by atoms with E-state index < -0.39 is 47.4 Å². The quantitative estimate of drug-likeness (QED) is 0.702. The van der Waals surface area contributed by atoms with Crippen molar-refractivity contribution in [3.05, 3.63) is 29.6 Å². The Labute approximate surface area is 142 Å². The van der Waals surface area contributed by atoms with Gasteiger partial charge in [-0.25, -0.2) is 21.2 Å². The summed E-state index contributed by atoms with van der Waals surface area (Å²) in [6.45, 7) is 2.57. The molecule has 0 amide bonds. The van der Waals surface area contributed by atoms with Crippen LogP contribution in [0, 0.1) is 12.7 Å².